The number of fused-ring (bicyclic) bond motifs is 1. The molecule has 0 aromatic heterocycles. The van der Waals surface area contributed by atoms with Crippen molar-refractivity contribution in [3.63, 3.8) is 0 Å². The molecule has 30 heavy (non-hydrogen) atoms. The lowest BCUT2D eigenvalue weighted by atomic mass is 9.67. The lowest BCUT2D eigenvalue weighted by molar-refractivity contribution is -0.146. The average molecular weight is 476 g/mol. The van der Waals surface area contributed by atoms with Crippen molar-refractivity contribution in [2.24, 2.45) is 16.3 Å². The van der Waals surface area contributed by atoms with E-state index in [1.165, 1.54) is 0 Å². The molecular weight excluding hydrogens is 450 g/mol. The van der Waals surface area contributed by atoms with Gasteiger partial charge in [0.1, 0.15) is 5.92 Å². The number of halogens is 1. The minimum absolute atomic E-state index is 0.0420. The number of benzene rings is 1. The molecule has 4 rings (SSSR count). The van der Waals surface area contributed by atoms with Gasteiger partial charge in [0.2, 0.25) is 6.79 Å². The number of carbonyl (C=O) groups excluding carboxylic acids is 2. The number of rotatable bonds is 4. The van der Waals surface area contributed by atoms with E-state index < -0.39 is 11.8 Å². The van der Waals surface area contributed by atoms with Crippen LogP contribution in [0.5, 0.6) is 11.5 Å². The third kappa shape index (κ3) is 3.68. The summed E-state index contributed by atoms with van der Waals surface area (Å²) in [5.74, 6) is -0.189. The van der Waals surface area contributed by atoms with Crippen LogP contribution in [-0.2, 0) is 14.3 Å². The fraction of sp³-hybridized carbons (Fsp3) is 0.522. The Morgan fingerprint density at radius 1 is 1.27 bits per heavy atom. The first-order valence-corrected chi connectivity index (χ1v) is 11.1. The van der Waals surface area contributed by atoms with Crippen LogP contribution in [0.2, 0.25) is 0 Å². The monoisotopic (exact) mass is 475 g/mol. The molecule has 1 aromatic carbocycles. The molecule has 7 heteroatoms. The first kappa shape index (κ1) is 21.1. The Morgan fingerprint density at radius 2 is 1.97 bits per heavy atom. The van der Waals surface area contributed by atoms with Crippen LogP contribution in [0.3, 0.4) is 0 Å². The standard InChI is InChI=1S/C23H26BrNO5/c1-5-6-28-22(27)19-12(2)25-15-9-23(3,4)10-16(26)21(15)20(19)13-7-17-18(8-14(13)24)30-11-29-17/h7-8,19-20H,5-6,9-11H2,1-4H3/t19?,20-/m0/s1. The maximum atomic E-state index is 13.3. The summed E-state index contributed by atoms with van der Waals surface area (Å²) in [6.07, 6.45) is 1.85. The maximum Gasteiger partial charge on any atom is 0.315 e. The Kier molecular flexibility index (Phi) is 5.51. The van der Waals surface area contributed by atoms with Crippen molar-refractivity contribution < 1.29 is 23.8 Å². The Balaban J connectivity index is 1.87. The Hall–Kier alpha value is -2.15. The van der Waals surface area contributed by atoms with Crippen LogP contribution in [-0.4, -0.2) is 30.9 Å². The van der Waals surface area contributed by atoms with Gasteiger partial charge in [-0.15, -0.1) is 0 Å². The summed E-state index contributed by atoms with van der Waals surface area (Å²) in [7, 11) is 0. The molecule has 6 nitrogen and oxygen atoms in total. The number of nitrogens with zero attached hydrogens (tertiary/aromatic N) is 1. The molecule has 0 spiro atoms. The molecule has 1 aliphatic carbocycles. The van der Waals surface area contributed by atoms with Gasteiger partial charge >= 0.3 is 5.97 Å². The maximum absolute atomic E-state index is 13.3. The van der Waals surface area contributed by atoms with E-state index in [0.717, 1.165) is 22.2 Å². The van der Waals surface area contributed by atoms with Crippen LogP contribution in [0.1, 0.15) is 58.4 Å². The SMILES string of the molecule is CCCOC(=O)C1C(C)=NC2=C(C(=O)CC(C)(C)C2)[C@H]1c1cc2c(cc1Br)OCO2. The van der Waals surface area contributed by atoms with E-state index in [1.54, 1.807) is 0 Å². The first-order valence-electron chi connectivity index (χ1n) is 10.3. The summed E-state index contributed by atoms with van der Waals surface area (Å²) < 4.78 is 17.3. The van der Waals surface area contributed by atoms with Crippen LogP contribution in [0.4, 0.5) is 0 Å². The average Bonchev–Trinajstić information content (AvgIpc) is 3.10. The smallest absolute Gasteiger partial charge is 0.315 e. The zero-order chi connectivity index (χ0) is 21.6. The van der Waals surface area contributed by atoms with E-state index in [1.807, 2.05) is 26.0 Å². The number of allylic oxidation sites excluding steroid dienone is 2. The molecule has 0 amide bonds. The molecule has 2 atom stereocenters. The van der Waals surface area contributed by atoms with E-state index in [2.05, 4.69) is 29.8 Å². The van der Waals surface area contributed by atoms with Crippen LogP contribution in [0.25, 0.3) is 0 Å². The zero-order valence-electron chi connectivity index (χ0n) is 17.7. The zero-order valence-corrected chi connectivity index (χ0v) is 19.3. The molecule has 0 radical (unpaired) electrons. The molecule has 2 aliphatic heterocycles. The predicted octanol–water partition coefficient (Wildman–Crippen LogP) is 4.95. The molecule has 1 aromatic rings. The van der Waals surface area contributed by atoms with Gasteiger partial charge in [0.05, 0.1) is 6.61 Å². The summed E-state index contributed by atoms with van der Waals surface area (Å²) in [5.41, 5.74) is 2.73. The van der Waals surface area contributed by atoms with Crippen LogP contribution < -0.4 is 9.47 Å². The second-order valence-corrected chi connectivity index (χ2v) is 9.76. The number of ether oxygens (including phenoxy) is 3. The first-order chi connectivity index (χ1) is 14.2. The second-order valence-electron chi connectivity index (χ2n) is 8.90. The van der Waals surface area contributed by atoms with Gasteiger partial charge in [-0.3, -0.25) is 14.6 Å². The summed E-state index contributed by atoms with van der Waals surface area (Å²) >= 11 is 3.63. The molecule has 0 saturated carbocycles. The van der Waals surface area contributed by atoms with Crippen molar-refractivity contribution in [1.82, 2.24) is 0 Å². The molecule has 0 N–H and O–H groups in total. The van der Waals surface area contributed by atoms with Crippen molar-refractivity contribution in [3.8, 4) is 11.5 Å². The van der Waals surface area contributed by atoms with Gasteiger partial charge < -0.3 is 14.2 Å². The van der Waals surface area contributed by atoms with Crippen LogP contribution in [0, 0.1) is 11.3 Å². The van der Waals surface area contributed by atoms with Crippen LogP contribution >= 0.6 is 15.9 Å². The fourth-order valence-corrected chi connectivity index (χ4v) is 5.12. The van der Waals surface area contributed by atoms with Gasteiger partial charge in [-0.25, -0.2) is 0 Å². The van der Waals surface area contributed by atoms with Crippen molar-refractivity contribution in [2.45, 2.75) is 52.9 Å². The van der Waals surface area contributed by atoms with Gasteiger partial charge in [0.15, 0.2) is 17.3 Å². The Bertz CT molecular complexity index is 978. The number of hydrogen-bond donors (Lipinski definition) is 0. The number of esters is 1. The molecule has 0 saturated heterocycles. The number of aliphatic imine (C=N–C) groups is 1. The molecule has 160 valence electrons. The highest BCUT2D eigenvalue weighted by Crippen LogP contribution is 2.51. The van der Waals surface area contributed by atoms with Crippen molar-refractivity contribution >= 4 is 33.4 Å². The highest BCUT2D eigenvalue weighted by Gasteiger charge is 2.47. The highest BCUT2D eigenvalue weighted by atomic mass is 79.9. The predicted molar refractivity (Wildman–Crippen MR) is 116 cm³/mol. The molecular formula is C23H26BrNO5. The van der Waals surface area contributed by atoms with E-state index in [0.29, 0.717) is 42.2 Å². The number of Topliss-reactive ketones (excluding diaryl/α,β-unsaturated/α-hetero) is 1. The third-order valence-electron chi connectivity index (χ3n) is 5.83. The Morgan fingerprint density at radius 3 is 2.67 bits per heavy atom. The van der Waals surface area contributed by atoms with Gasteiger partial charge in [0, 0.05) is 33.8 Å². The Labute approximate surface area is 184 Å². The molecule has 0 bridgehead atoms. The highest BCUT2D eigenvalue weighted by molar-refractivity contribution is 9.10. The van der Waals surface area contributed by atoms with Gasteiger partial charge in [-0.1, -0.05) is 36.7 Å². The largest absolute Gasteiger partial charge is 0.465 e. The lowest BCUT2D eigenvalue weighted by Gasteiger charge is -2.39. The molecule has 0 fully saturated rings. The number of hydrogen-bond acceptors (Lipinski definition) is 6. The quantitative estimate of drug-likeness (QED) is 0.575. The lowest BCUT2D eigenvalue weighted by Crippen LogP contribution is -2.39. The normalized spacial score (nSPS) is 24.4. The molecule has 2 heterocycles. The fourth-order valence-electron chi connectivity index (χ4n) is 4.55. The van der Waals surface area contributed by atoms with Gasteiger partial charge in [-0.2, -0.15) is 0 Å². The third-order valence-corrected chi connectivity index (χ3v) is 6.52. The van der Waals surface area contributed by atoms with Crippen LogP contribution in [0.15, 0.2) is 32.9 Å². The molecule has 3 aliphatic rings. The van der Waals surface area contributed by atoms with E-state index in [9.17, 15) is 9.59 Å². The van der Waals surface area contributed by atoms with Crippen molar-refractivity contribution in [3.05, 3.63) is 33.4 Å². The minimum Gasteiger partial charge on any atom is -0.465 e. The van der Waals surface area contributed by atoms with Gasteiger partial charge in [0.25, 0.3) is 0 Å². The van der Waals surface area contributed by atoms with E-state index >= 15 is 0 Å². The van der Waals surface area contributed by atoms with Gasteiger partial charge in [-0.05, 0) is 42.9 Å². The number of ketones is 1. The van der Waals surface area contributed by atoms with Crippen molar-refractivity contribution in [2.75, 3.05) is 13.4 Å². The molecule has 1 unspecified atom stereocenters. The van der Waals surface area contributed by atoms with E-state index in [4.69, 9.17) is 19.2 Å². The second kappa shape index (κ2) is 7.84. The summed E-state index contributed by atoms with van der Waals surface area (Å²) in [5, 5.41) is 0. The minimum atomic E-state index is -0.655. The number of carbonyl (C=O) groups is 2. The topological polar surface area (TPSA) is 74.2 Å². The summed E-state index contributed by atoms with van der Waals surface area (Å²) in [4.78, 5) is 31.1. The summed E-state index contributed by atoms with van der Waals surface area (Å²) in [6.45, 7) is 8.44. The van der Waals surface area contributed by atoms with E-state index in [-0.39, 0.29) is 24.0 Å². The van der Waals surface area contributed by atoms with Crippen molar-refractivity contribution in [1.29, 1.82) is 0 Å². The summed E-state index contributed by atoms with van der Waals surface area (Å²) in [6, 6.07) is 3.71.